The van der Waals surface area contributed by atoms with Gasteiger partial charge in [-0.2, -0.15) is 0 Å². The number of aliphatic imine (C=N–C) groups is 1. The highest BCUT2D eigenvalue weighted by Crippen LogP contribution is 2.20. The van der Waals surface area contributed by atoms with Gasteiger partial charge in [-0.25, -0.2) is 4.79 Å². The van der Waals surface area contributed by atoms with Crippen molar-refractivity contribution in [2.24, 2.45) is 28.1 Å². The van der Waals surface area contributed by atoms with Crippen LogP contribution in [0.25, 0.3) is 10.9 Å². The maximum atomic E-state index is 14.4. The van der Waals surface area contributed by atoms with Crippen LogP contribution in [0.2, 0.25) is 0 Å². The number of H-pyrrole nitrogens is 1. The van der Waals surface area contributed by atoms with Gasteiger partial charge < -0.3 is 58.2 Å². The number of rotatable bonds is 21. The Morgan fingerprint density at radius 2 is 1.39 bits per heavy atom. The maximum Gasteiger partial charge on any atom is 0.407 e. The van der Waals surface area contributed by atoms with Gasteiger partial charge in [0.2, 0.25) is 29.5 Å². The Labute approximate surface area is 360 Å². The number of carbonyl (C=O) groups is 6. The van der Waals surface area contributed by atoms with E-state index in [1.165, 1.54) is 19.2 Å². The molecular weight excluding hydrogens is 797 g/mol. The molecule has 0 aliphatic carbocycles. The lowest BCUT2D eigenvalue weighted by Gasteiger charge is -2.28. The van der Waals surface area contributed by atoms with E-state index >= 15 is 0 Å². The van der Waals surface area contributed by atoms with E-state index in [-0.39, 0.29) is 56.9 Å². The number of carbonyl (C=O) groups excluding carboxylic acids is 6. The van der Waals surface area contributed by atoms with Gasteiger partial charge in [-0.3, -0.25) is 29.0 Å². The number of aromatic nitrogens is 1. The lowest BCUT2D eigenvalue weighted by molar-refractivity contribution is -0.138. The molecule has 3 aromatic carbocycles. The van der Waals surface area contributed by atoms with Crippen molar-refractivity contribution in [1.82, 2.24) is 31.2 Å². The first-order chi connectivity index (χ1) is 29.4. The molecule has 18 heteroatoms. The van der Waals surface area contributed by atoms with E-state index in [4.69, 9.17) is 21.9 Å². The summed E-state index contributed by atoms with van der Waals surface area (Å²) in [5.41, 5.74) is 18.6. The largest absolute Gasteiger partial charge is 0.508 e. The lowest BCUT2D eigenvalue weighted by atomic mass is 9.96. The molecule has 4 aromatic rings. The summed E-state index contributed by atoms with van der Waals surface area (Å²) in [6.07, 6.45) is 1.41. The number of aromatic hydroxyl groups is 1. The first-order valence-electron chi connectivity index (χ1n) is 20.2. The molecule has 1 aromatic heterocycles. The van der Waals surface area contributed by atoms with Gasteiger partial charge >= 0.3 is 6.09 Å². The normalized spacial score (nSPS) is 13.1. The van der Waals surface area contributed by atoms with Crippen molar-refractivity contribution in [1.29, 1.82) is 0 Å². The third-order valence-electron chi connectivity index (χ3n) is 9.66. The highest BCUT2D eigenvalue weighted by Gasteiger charge is 2.33. The molecule has 62 heavy (non-hydrogen) atoms. The van der Waals surface area contributed by atoms with Gasteiger partial charge in [-0.1, -0.05) is 60.7 Å². The molecule has 0 radical (unpaired) electrons. The van der Waals surface area contributed by atoms with Crippen LogP contribution in [0.4, 0.5) is 4.79 Å². The first-order valence-corrected chi connectivity index (χ1v) is 20.2. The third kappa shape index (κ3) is 15.5. The van der Waals surface area contributed by atoms with Crippen molar-refractivity contribution in [3.63, 3.8) is 0 Å². The SMILES string of the molecule is CN(CC(N)=O)C(=O)C(Cc1c[nH]c2ccccc12)NC(=O)C(CCCN=C(N)N)NC(=O)C(Cc1ccccc1)NC(=O)C(CNC(=O)OC(C)(C)C)Cc1ccc(O)cc1. The highest BCUT2D eigenvalue weighted by molar-refractivity contribution is 5.96. The standard InChI is InChI=1S/C44H58N10O8/c1-44(2,3)62-43(61)50-25-30(21-28-16-18-31(55)19-17-28)38(57)52-35(22-27-11-6-5-7-12-27)40(59)51-34(15-10-20-48-42(46)47)39(58)53-36(41(60)54(4)26-37(45)56)23-29-24-49-33-14-9-8-13-32(29)33/h5-9,11-14,16-19,24,30,34-36,49,55H,10,15,20-23,25-26H2,1-4H3,(H2,45,56)(H,50,61)(H,51,59)(H,52,57)(H,53,58)(H4,46,47,48). The van der Waals surface area contributed by atoms with E-state index in [0.29, 0.717) is 16.7 Å². The summed E-state index contributed by atoms with van der Waals surface area (Å²) < 4.78 is 5.39. The van der Waals surface area contributed by atoms with E-state index in [1.54, 1.807) is 69.4 Å². The van der Waals surface area contributed by atoms with Gasteiger partial charge in [0.05, 0.1) is 12.5 Å². The minimum atomic E-state index is -1.26. The summed E-state index contributed by atoms with van der Waals surface area (Å²) in [6.45, 7) is 4.68. The number of benzene rings is 3. The summed E-state index contributed by atoms with van der Waals surface area (Å²) >= 11 is 0. The Bertz CT molecular complexity index is 2180. The zero-order valence-electron chi connectivity index (χ0n) is 35.5. The molecule has 0 fully saturated rings. The Kier molecular flexibility index (Phi) is 17.2. The number of para-hydroxylation sites is 1. The van der Waals surface area contributed by atoms with Crippen molar-refractivity contribution in [3.8, 4) is 5.75 Å². The van der Waals surface area contributed by atoms with Gasteiger partial charge in [0.15, 0.2) is 5.96 Å². The average Bonchev–Trinajstić information content (AvgIpc) is 3.62. The molecule has 0 spiro atoms. The molecule has 6 amide bonds. The number of amides is 6. The van der Waals surface area contributed by atoms with Crippen LogP contribution in [0, 0.1) is 5.92 Å². The number of primary amides is 1. The van der Waals surface area contributed by atoms with Gasteiger partial charge in [0.25, 0.3) is 0 Å². The number of nitrogens with one attached hydrogen (secondary N) is 5. The quantitative estimate of drug-likeness (QED) is 0.0331. The molecule has 0 bridgehead atoms. The summed E-state index contributed by atoms with van der Waals surface area (Å²) in [4.78, 5) is 89.5. The fraction of sp³-hybridized carbons (Fsp3) is 0.386. The van der Waals surface area contributed by atoms with Crippen molar-refractivity contribution >= 4 is 52.5 Å². The second-order valence-corrected chi connectivity index (χ2v) is 16.0. The Balaban J connectivity index is 1.64. The molecule has 18 nitrogen and oxygen atoms in total. The Morgan fingerprint density at radius 3 is 2.05 bits per heavy atom. The van der Waals surface area contributed by atoms with E-state index < -0.39 is 71.8 Å². The fourth-order valence-electron chi connectivity index (χ4n) is 6.66. The van der Waals surface area contributed by atoms with Crippen molar-refractivity contribution in [2.75, 3.05) is 26.7 Å². The zero-order valence-corrected chi connectivity index (χ0v) is 35.5. The molecule has 4 unspecified atom stereocenters. The van der Waals surface area contributed by atoms with Gasteiger partial charge in [-0.05, 0) is 74.9 Å². The minimum Gasteiger partial charge on any atom is -0.508 e. The molecule has 332 valence electrons. The molecule has 0 aliphatic rings. The van der Waals surface area contributed by atoms with Crippen LogP contribution in [0.15, 0.2) is 90.1 Å². The number of ether oxygens (including phenoxy) is 1. The van der Waals surface area contributed by atoms with Gasteiger partial charge in [0, 0.05) is 50.1 Å². The lowest BCUT2D eigenvalue weighted by Crippen LogP contribution is -2.58. The maximum absolute atomic E-state index is 14.4. The van der Waals surface area contributed by atoms with Crippen molar-refractivity contribution in [3.05, 3.63) is 102 Å². The molecule has 4 rings (SSSR count). The fourth-order valence-corrected chi connectivity index (χ4v) is 6.66. The van der Waals surface area contributed by atoms with Crippen LogP contribution in [-0.2, 0) is 48.0 Å². The molecule has 4 atom stereocenters. The number of nitrogens with zero attached hydrogens (tertiary/aromatic N) is 2. The molecular formula is C44H58N10O8. The monoisotopic (exact) mass is 854 g/mol. The van der Waals surface area contributed by atoms with Crippen LogP contribution in [0.1, 0.15) is 50.3 Å². The van der Waals surface area contributed by atoms with Crippen LogP contribution in [0.5, 0.6) is 5.75 Å². The number of fused-ring (bicyclic) bond motifs is 1. The molecule has 12 N–H and O–H groups in total. The third-order valence-corrected chi connectivity index (χ3v) is 9.66. The Morgan fingerprint density at radius 1 is 0.774 bits per heavy atom. The second-order valence-electron chi connectivity index (χ2n) is 16.0. The summed E-state index contributed by atoms with van der Waals surface area (Å²) in [5, 5.41) is 21.8. The predicted molar refractivity (Wildman–Crippen MR) is 234 cm³/mol. The van der Waals surface area contributed by atoms with Crippen molar-refractivity contribution in [2.45, 2.75) is 76.6 Å². The number of phenols is 1. The number of nitrogens with two attached hydrogens (primary N) is 3. The van der Waals surface area contributed by atoms with E-state index in [1.807, 2.05) is 24.3 Å². The van der Waals surface area contributed by atoms with E-state index in [9.17, 15) is 33.9 Å². The van der Waals surface area contributed by atoms with Crippen LogP contribution < -0.4 is 38.5 Å². The van der Waals surface area contributed by atoms with Gasteiger partial charge in [0.1, 0.15) is 29.5 Å². The average molecular weight is 855 g/mol. The van der Waals surface area contributed by atoms with Crippen LogP contribution in [0.3, 0.4) is 0 Å². The molecule has 1 heterocycles. The smallest absolute Gasteiger partial charge is 0.407 e. The van der Waals surface area contributed by atoms with E-state index in [2.05, 4.69) is 31.2 Å². The Hall–Kier alpha value is -7.11. The molecule has 0 saturated heterocycles. The topological polar surface area (TPSA) is 289 Å². The number of alkyl carbamates (subject to hydrolysis) is 1. The number of guanidine groups is 1. The zero-order chi connectivity index (χ0) is 45.4. The first kappa shape index (κ1) is 47.6. The summed E-state index contributed by atoms with van der Waals surface area (Å²) in [7, 11) is 1.39. The summed E-state index contributed by atoms with van der Waals surface area (Å²) in [6, 6.07) is 18.9. The predicted octanol–water partition coefficient (Wildman–Crippen LogP) is 1.49. The second kappa shape index (κ2) is 22.5. The number of phenolic OH excluding ortho intramolecular Hbond substituents is 1. The summed E-state index contributed by atoms with van der Waals surface area (Å²) in [5.74, 6) is -4.40. The molecule has 0 saturated carbocycles. The van der Waals surface area contributed by atoms with Crippen molar-refractivity contribution < 1.29 is 38.6 Å². The number of hydrogen-bond donors (Lipinski definition) is 9. The highest BCUT2D eigenvalue weighted by atomic mass is 16.6. The number of likely N-dealkylation sites (N-methyl/N-ethyl adjacent to an activating group) is 1. The van der Waals surface area contributed by atoms with Crippen LogP contribution in [-0.4, -0.2) is 107 Å². The molecule has 0 aliphatic heterocycles. The number of hydrogen-bond acceptors (Lipinski definition) is 9. The van der Waals surface area contributed by atoms with Crippen LogP contribution >= 0.6 is 0 Å². The van der Waals surface area contributed by atoms with Gasteiger partial charge in [-0.15, -0.1) is 0 Å². The number of aromatic amines is 1. The minimum absolute atomic E-state index is 0.0196. The van der Waals surface area contributed by atoms with E-state index in [0.717, 1.165) is 15.8 Å².